The van der Waals surface area contributed by atoms with Gasteiger partial charge in [0.15, 0.2) is 23.2 Å². The van der Waals surface area contributed by atoms with Gasteiger partial charge in [-0.3, -0.25) is 4.79 Å². The molecule has 0 saturated carbocycles. The van der Waals surface area contributed by atoms with E-state index in [0.717, 1.165) is 18.2 Å². The van der Waals surface area contributed by atoms with E-state index in [4.69, 9.17) is 5.11 Å². The monoisotopic (exact) mass is 281 g/mol. The minimum atomic E-state index is -1.08. The van der Waals surface area contributed by atoms with Crippen LogP contribution in [0.4, 0.5) is 18.9 Å². The van der Waals surface area contributed by atoms with Gasteiger partial charge >= 0.3 is 0 Å². The molecular formula is C14H10F3NO2. The lowest BCUT2D eigenvalue weighted by Crippen LogP contribution is -2.15. The van der Waals surface area contributed by atoms with Crippen LogP contribution in [0, 0.1) is 17.5 Å². The molecule has 0 aliphatic carbocycles. The first-order valence-electron chi connectivity index (χ1n) is 5.68. The molecule has 0 heterocycles. The number of carbonyl (C=O) groups excluding carboxylic acids is 1. The maximum absolute atomic E-state index is 13.4. The molecule has 20 heavy (non-hydrogen) atoms. The fraction of sp³-hybridized carbons (Fsp3) is 0.0714. The third-order valence-electron chi connectivity index (χ3n) is 2.61. The van der Waals surface area contributed by atoms with Crippen LogP contribution >= 0.6 is 0 Å². The molecule has 0 aliphatic rings. The number of halogens is 3. The third-order valence-corrected chi connectivity index (χ3v) is 2.61. The zero-order chi connectivity index (χ0) is 14.7. The summed E-state index contributed by atoms with van der Waals surface area (Å²) in [6, 6.07) is 6.82. The van der Waals surface area contributed by atoms with Gasteiger partial charge in [-0.1, -0.05) is 12.1 Å². The van der Waals surface area contributed by atoms with Crippen LogP contribution < -0.4 is 5.32 Å². The molecule has 2 rings (SSSR count). The number of phenols is 1. The first-order valence-corrected chi connectivity index (χ1v) is 5.68. The molecule has 3 nitrogen and oxygen atoms in total. The van der Waals surface area contributed by atoms with Gasteiger partial charge in [0.05, 0.1) is 6.42 Å². The number of aromatic hydroxyl groups is 1. The van der Waals surface area contributed by atoms with E-state index in [1.54, 1.807) is 0 Å². The van der Waals surface area contributed by atoms with Crippen molar-refractivity contribution in [2.45, 2.75) is 6.42 Å². The SMILES string of the molecule is O=C(Cc1cccc(F)c1F)Nc1ccc(O)c(F)c1. The van der Waals surface area contributed by atoms with E-state index in [9.17, 15) is 18.0 Å². The summed E-state index contributed by atoms with van der Waals surface area (Å²) in [5, 5.41) is 11.3. The third kappa shape index (κ3) is 3.09. The second-order valence-corrected chi connectivity index (χ2v) is 4.10. The number of hydrogen-bond donors (Lipinski definition) is 2. The molecule has 2 aromatic rings. The molecule has 2 N–H and O–H groups in total. The van der Waals surface area contributed by atoms with Gasteiger partial charge in [-0.2, -0.15) is 0 Å². The number of benzene rings is 2. The van der Waals surface area contributed by atoms with E-state index < -0.39 is 29.1 Å². The zero-order valence-electron chi connectivity index (χ0n) is 10.2. The smallest absolute Gasteiger partial charge is 0.228 e. The summed E-state index contributed by atoms with van der Waals surface area (Å²) in [7, 11) is 0. The van der Waals surface area contributed by atoms with Crippen LogP contribution in [0.1, 0.15) is 5.56 Å². The number of rotatable bonds is 3. The summed E-state index contributed by atoms with van der Waals surface area (Å²) in [4.78, 5) is 11.7. The molecule has 2 aromatic carbocycles. The number of nitrogens with one attached hydrogen (secondary N) is 1. The molecule has 0 aliphatic heterocycles. The standard InChI is InChI=1S/C14H10F3NO2/c15-10-3-1-2-8(14(10)17)6-13(20)18-9-4-5-12(19)11(16)7-9/h1-5,7,19H,6H2,(H,18,20). The fourth-order valence-electron chi connectivity index (χ4n) is 1.65. The number of hydrogen-bond acceptors (Lipinski definition) is 2. The molecule has 0 bridgehead atoms. The Morgan fingerprint density at radius 1 is 1.10 bits per heavy atom. The first-order chi connectivity index (χ1) is 9.47. The summed E-state index contributed by atoms with van der Waals surface area (Å²) in [6.07, 6.45) is -0.383. The second kappa shape index (κ2) is 5.64. The molecule has 104 valence electrons. The predicted octanol–water partition coefficient (Wildman–Crippen LogP) is 2.99. The van der Waals surface area contributed by atoms with Crippen LogP contribution in [-0.4, -0.2) is 11.0 Å². The normalized spacial score (nSPS) is 10.3. The Morgan fingerprint density at radius 3 is 2.55 bits per heavy atom. The van der Waals surface area contributed by atoms with Crippen molar-refractivity contribution in [3.8, 4) is 5.75 Å². The molecule has 0 saturated heterocycles. The van der Waals surface area contributed by atoms with Crippen LogP contribution in [0.3, 0.4) is 0 Å². The summed E-state index contributed by atoms with van der Waals surface area (Å²) in [5.41, 5.74) is 0.0175. The molecule has 6 heteroatoms. The Kier molecular flexibility index (Phi) is 3.93. The lowest BCUT2D eigenvalue weighted by molar-refractivity contribution is -0.115. The average molecular weight is 281 g/mol. The second-order valence-electron chi connectivity index (χ2n) is 4.10. The van der Waals surface area contributed by atoms with Gasteiger partial charge in [-0.05, 0) is 18.2 Å². The van der Waals surface area contributed by atoms with Crippen molar-refractivity contribution in [2.75, 3.05) is 5.32 Å². The maximum Gasteiger partial charge on any atom is 0.228 e. The molecule has 1 amide bonds. The van der Waals surface area contributed by atoms with Gasteiger partial charge < -0.3 is 10.4 Å². The van der Waals surface area contributed by atoms with E-state index in [1.807, 2.05) is 0 Å². The first kappa shape index (κ1) is 13.9. The Morgan fingerprint density at radius 2 is 1.85 bits per heavy atom. The summed E-state index contributed by atoms with van der Waals surface area (Å²) in [6.45, 7) is 0. The molecule has 0 aromatic heterocycles. The Balaban J connectivity index is 2.09. The summed E-state index contributed by atoms with van der Waals surface area (Å²) in [5.74, 6) is -4.18. The van der Waals surface area contributed by atoms with Gasteiger partial charge in [-0.15, -0.1) is 0 Å². The molecule has 0 unspecified atom stereocenters. The Hall–Kier alpha value is -2.50. The van der Waals surface area contributed by atoms with Gasteiger partial charge in [0.25, 0.3) is 0 Å². The number of amides is 1. The highest BCUT2D eigenvalue weighted by molar-refractivity contribution is 5.92. The molecule has 0 atom stereocenters. The highest BCUT2D eigenvalue weighted by atomic mass is 19.2. The summed E-state index contributed by atoms with van der Waals surface area (Å²) >= 11 is 0. The fourth-order valence-corrected chi connectivity index (χ4v) is 1.65. The van der Waals surface area contributed by atoms with Crippen molar-refractivity contribution in [2.24, 2.45) is 0 Å². The molecule has 0 radical (unpaired) electrons. The lowest BCUT2D eigenvalue weighted by Gasteiger charge is -2.07. The highest BCUT2D eigenvalue weighted by Gasteiger charge is 2.12. The minimum absolute atomic E-state index is 0.0956. The van der Waals surface area contributed by atoms with Crippen LogP contribution in [0.25, 0.3) is 0 Å². The van der Waals surface area contributed by atoms with E-state index in [2.05, 4.69) is 5.32 Å². The Labute approximate surface area is 112 Å². The Bertz CT molecular complexity index is 659. The van der Waals surface area contributed by atoms with E-state index in [0.29, 0.717) is 0 Å². The van der Waals surface area contributed by atoms with Crippen molar-refractivity contribution in [1.29, 1.82) is 0 Å². The summed E-state index contributed by atoms with van der Waals surface area (Å²) < 4.78 is 39.4. The van der Waals surface area contributed by atoms with Crippen molar-refractivity contribution < 1.29 is 23.1 Å². The van der Waals surface area contributed by atoms with Gasteiger partial charge in [0.2, 0.25) is 5.91 Å². The largest absolute Gasteiger partial charge is 0.505 e. The molecule has 0 fully saturated rings. The number of anilines is 1. The van der Waals surface area contributed by atoms with E-state index in [1.165, 1.54) is 18.2 Å². The van der Waals surface area contributed by atoms with Crippen LogP contribution in [0.5, 0.6) is 5.75 Å². The van der Waals surface area contributed by atoms with Crippen LogP contribution in [-0.2, 0) is 11.2 Å². The minimum Gasteiger partial charge on any atom is -0.505 e. The van der Waals surface area contributed by atoms with Gasteiger partial charge in [-0.25, -0.2) is 13.2 Å². The van der Waals surface area contributed by atoms with Crippen LogP contribution in [0.15, 0.2) is 36.4 Å². The van der Waals surface area contributed by atoms with Crippen molar-refractivity contribution in [3.05, 3.63) is 59.4 Å². The van der Waals surface area contributed by atoms with Crippen molar-refractivity contribution >= 4 is 11.6 Å². The maximum atomic E-state index is 13.4. The number of phenolic OH excluding ortho intramolecular Hbond substituents is 1. The number of carbonyl (C=O) groups is 1. The average Bonchev–Trinajstić information content (AvgIpc) is 2.39. The zero-order valence-corrected chi connectivity index (χ0v) is 10.2. The van der Waals surface area contributed by atoms with Gasteiger partial charge in [0.1, 0.15) is 0 Å². The quantitative estimate of drug-likeness (QED) is 0.850. The van der Waals surface area contributed by atoms with Crippen molar-refractivity contribution in [3.63, 3.8) is 0 Å². The highest BCUT2D eigenvalue weighted by Crippen LogP contribution is 2.20. The van der Waals surface area contributed by atoms with Crippen LogP contribution in [0.2, 0.25) is 0 Å². The molecular weight excluding hydrogens is 271 g/mol. The molecule has 0 spiro atoms. The predicted molar refractivity (Wildman–Crippen MR) is 66.8 cm³/mol. The van der Waals surface area contributed by atoms with Gasteiger partial charge in [0, 0.05) is 17.3 Å². The topological polar surface area (TPSA) is 49.3 Å². The van der Waals surface area contributed by atoms with E-state index >= 15 is 0 Å². The van der Waals surface area contributed by atoms with Crippen molar-refractivity contribution in [1.82, 2.24) is 0 Å². The van der Waals surface area contributed by atoms with E-state index in [-0.39, 0.29) is 17.7 Å². The lowest BCUT2D eigenvalue weighted by atomic mass is 10.1.